The molecule has 104 valence electrons. The van der Waals surface area contributed by atoms with Crippen molar-refractivity contribution in [2.45, 2.75) is 26.2 Å². The lowest BCUT2D eigenvalue weighted by atomic mass is 9.76. The number of carbonyl (C=O) groups excluding carboxylic acids is 1. The molecule has 6 heteroatoms. The molecule has 0 radical (unpaired) electrons. The van der Waals surface area contributed by atoms with Gasteiger partial charge in [0.15, 0.2) is 0 Å². The summed E-state index contributed by atoms with van der Waals surface area (Å²) in [5, 5.41) is 9.31. The standard InChI is InChI=1S/C13H19N3O3/c1-3-13(12(18)19)4-6-16(7-5-13)11(17)10-8-15(2)9-14-10/h8-9H,3-7H2,1-2H3,(H,18,19). The third-order valence-corrected chi connectivity index (χ3v) is 4.06. The summed E-state index contributed by atoms with van der Waals surface area (Å²) in [6, 6.07) is 0. The number of carboxylic acid groups (broad SMARTS) is 1. The number of carboxylic acids is 1. The molecule has 0 aliphatic carbocycles. The molecule has 0 bridgehead atoms. The van der Waals surface area contributed by atoms with Crippen LogP contribution in [-0.4, -0.2) is 44.5 Å². The average molecular weight is 265 g/mol. The van der Waals surface area contributed by atoms with Crippen LogP contribution in [0.5, 0.6) is 0 Å². The van der Waals surface area contributed by atoms with Gasteiger partial charge in [0.05, 0.1) is 11.7 Å². The molecule has 1 aromatic heterocycles. The van der Waals surface area contributed by atoms with E-state index in [1.165, 1.54) is 0 Å². The van der Waals surface area contributed by atoms with Crippen molar-refractivity contribution in [2.75, 3.05) is 13.1 Å². The minimum atomic E-state index is -0.750. The fourth-order valence-corrected chi connectivity index (χ4v) is 2.54. The Labute approximate surface area is 112 Å². The lowest BCUT2D eigenvalue weighted by Gasteiger charge is -2.38. The largest absolute Gasteiger partial charge is 0.481 e. The highest BCUT2D eigenvalue weighted by Crippen LogP contribution is 2.35. The van der Waals surface area contributed by atoms with Crippen LogP contribution in [0.3, 0.4) is 0 Å². The van der Waals surface area contributed by atoms with Crippen LogP contribution >= 0.6 is 0 Å². The van der Waals surface area contributed by atoms with Crippen LogP contribution in [-0.2, 0) is 11.8 Å². The fraction of sp³-hybridized carbons (Fsp3) is 0.615. The first-order valence-corrected chi connectivity index (χ1v) is 6.49. The summed E-state index contributed by atoms with van der Waals surface area (Å²) in [7, 11) is 1.81. The number of aromatic nitrogens is 2. The molecule has 1 aliphatic heterocycles. The van der Waals surface area contributed by atoms with Crippen LogP contribution in [0.2, 0.25) is 0 Å². The van der Waals surface area contributed by atoms with Crippen LogP contribution in [0.4, 0.5) is 0 Å². The summed E-state index contributed by atoms with van der Waals surface area (Å²) in [6.45, 7) is 2.86. The van der Waals surface area contributed by atoms with Crippen molar-refractivity contribution in [3.8, 4) is 0 Å². The maximum atomic E-state index is 12.2. The Morgan fingerprint density at radius 2 is 2.05 bits per heavy atom. The average Bonchev–Trinajstić information content (AvgIpc) is 2.84. The van der Waals surface area contributed by atoms with E-state index in [0.29, 0.717) is 38.0 Å². The molecule has 1 N–H and O–H groups in total. The number of hydrogen-bond donors (Lipinski definition) is 1. The Morgan fingerprint density at radius 1 is 1.42 bits per heavy atom. The van der Waals surface area contributed by atoms with Gasteiger partial charge in [-0.05, 0) is 19.3 Å². The first-order chi connectivity index (χ1) is 8.98. The van der Waals surface area contributed by atoms with Gasteiger partial charge in [0.1, 0.15) is 5.69 Å². The number of hydrogen-bond acceptors (Lipinski definition) is 3. The summed E-state index contributed by atoms with van der Waals surface area (Å²) in [6.07, 6.45) is 4.90. The van der Waals surface area contributed by atoms with Gasteiger partial charge >= 0.3 is 5.97 Å². The Bertz CT molecular complexity index is 487. The topological polar surface area (TPSA) is 75.4 Å². The Balaban J connectivity index is 2.04. The minimum absolute atomic E-state index is 0.115. The summed E-state index contributed by atoms with van der Waals surface area (Å²) in [5.41, 5.74) is -0.247. The maximum Gasteiger partial charge on any atom is 0.309 e. The third kappa shape index (κ3) is 2.47. The molecule has 19 heavy (non-hydrogen) atoms. The summed E-state index contributed by atoms with van der Waals surface area (Å²) >= 11 is 0. The number of rotatable bonds is 3. The zero-order valence-corrected chi connectivity index (χ0v) is 11.3. The zero-order valence-electron chi connectivity index (χ0n) is 11.3. The second kappa shape index (κ2) is 5.03. The first kappa shape index (κ1) is 13.6. The maximum absolute atomic E-state index is 12.2. The predicted molar refractivity (Wildman–Crippen MR) is 68.7 cm³/mol. The molecule has 1 fully saturated rings. The van der Waals surface area contributed by atoms with E-state index >= 15 is 0 Å². The van der Waals surface area contributed by atoms with Crippen molar-refractivity contribution >= 4 is 11.9 Å². The second-order valence-corrected chi connectivity index (χ2v) is 5.16. The van der Waals surface area contributed by atoms with Crippen LogP contribution in [0.25, 0.3) is 0 Å². The smallest absolute Gasteiger partial charge is 0.309 e. The Hall–Kier alpha value is -1.85. The third-order valence-electron chi connectivity index (χ3n) is 4.06. The van der Waals surface area contributed by atoms with E-state index in [1.807, 2.05) is 14.0 Å². The molecule has 1 aromatic rings. The van der Waals surface area contributed by atoms with Gasteiger partial charge in [-0.15, -0.1) is 0 Å². The van der Waals surface area contributed by atoms with Crippen molar-refractivity contribution in [3.05, 3.63) is 18.2 Å². The number of likely N-dealkylation sites (tertiary alicyclic amines) is 1. The summed E-state index contributed by atoms with van der Waals surface area (Å²) < 4.78 is 1.73. The van der Waals surface area contributed by atoms with Gasteiger partial charge in [-0.3, -0.25) is 9.59 Å². The number of nitrogens with zero attached hydrogens (tertiary/aromatic N) is 3. The zero-order chi connectivity index (χ0) is 14.0. The molecular formula is C13H19N3O3. The molecule has 0 spiro atoms. The molecular weight excluding hydrogens is 246 g/mol. The van der Waals surface area contributed by atoms with E-state index in [1.54, 1.807) is 22.0 Å². The van der Waals surface area contributed by atoms with Gasteiger partial charge in [0.2, 0.25) is 0 Å². The van der Waals surface area contributed by atoms with Crippen molar-refractivity contribution in [1.29, 1.82) is 0 Å². The van der Waals surface area contributed by atoms with Gasteiger partial charge in [-0.1, -0.05) is 6.92 Å². The summed E-state index contributed by atoms with van der Waals surface area (Å²) in [4.78, 5) is 29.3. The fourth-order valence-electron chi connectivity index (χ4n) is 2.54. The van der Waals surface area contributed by atoms with Crippen LogP contribution in [0.15, 0.2) is 12.5 Å². The van der Waals surface area contributed by atoms with E-state index in [2.05, 4.69) is 4.98 Å². The SMILES string of the molecule is CCC1(C(=O)O)CCN(C(=O)c2cn(C)cn2)CC1. The van der Waals surface area contributed by atoms with E-state index in [9.17, 15) is 14.7 Å². The number of aryl methyl sites for hydroxylation is 1. The van der Waals surface area contributed by atoms with E-state index in [0.717, 1.165) is 0 Å². The minimum Gasteiger partial charge on any atom is -0.481 e. The molecule has 1 amide bonds. The van der Waals surface area contributed by atoms with Crippen molar-refractivity contribution in [3.63, 3.8) is 0 Å². The number of amides is 1. The Kier molecular flexibility index (Phi) is 3.59. The molecule has 0 aromatic carbocycles. The highest BCUT2D eigenvalue weighted by atomic mass is 16.4. The predicted octanol–water partition coefficient (Wildman–Crippen LogP) is 1.14. The van der Waals surface area contributed by atoms with E-state index in [-0.39, 0.29) is 5.91 Å². The van der Waals surface area contributed by atoms with Crippen molar-refractivity contribution in [1.82, 2.24) is 14.5 Å². The number of carbonyl (C=O) groups is 2. The quantitative estimate of drug-likeness (QED) is 0.889. The molecule has 2 rings (SSSR count). The van der Waals surface area contributed by atoms with Crippen LogP contribution in [0, 0.1) is 5.41 Å². The van der Waals surface area contributed by atoms with E-state index in [4.69, 9.17) is 0 Å². The van der Waals surface area contributed by atoms with Crippen LogP contribution in [0.1, 0.15) is 36.7 Å². The molecule has 6 nitrogen and oxygen atoms in total. The van der Waals surface area contributed by atoms with Crippen LogP contribution < -0.4 is 0 Å². The van der Waals surface area contributed by atoms with Gasteiger partial charge in [-0.2, -0.15) is 0 Å². The highest BCUT2D eigenvalue weighted by Gasteiger charge is 2.41. The monoisotopic (exact) mass is 265 g/mol. The number of aliphatic carboxylic acids is 1. The molecule has 2 heterocycles. The van der Waals surface area contributed by atoms with Gasteiger partial charge in [0, 0.05) is 26.3 Å². The lowest BCUT2D eigenvalue weighted by molar-refractivity contribution is -0.152. The number of imidazole rings is 1. The second-order valence-electron chi connectivity index (χ2n) is 5.16. The van der Waals surface area contributed by atoms with Crippen molar-refractivity contribution < 1.29 is 14.7 Å². The van der Waals surface area contributed by atoms with Gasteiger partial charge in [0.25, 0.3) is 5.91 Å². The molecule has 0 saturated carbocycles. The Morgan fingerprint density at radius 3 is 2.47 bits per heavy atom. The van der Waals surface area contributed by atoms with Gasteiger partial charge < -0.3 is 14.6 Å². The summed E-state index contributed by atoms with van der Waals surface area (Å²) in [5.74, 6) is -0.865. The lowest BCUT2D eigenvalue weighted by Crippen LogP contribution is -2.46. The van der Waals surface area contributed by atoms with Gasteiger partial charge in [-0.25, -0.2) is 4.98 Å². The first-order valence-electron chi connectivity index (χ1n) is 6.49. The number of piperidine rings is 1. The normalized spacial score (nSPS) is 18.3. The molecule has 1 aliphatic rings. The highest BCUT2D eigenvalue weighted by molar-refractivity contribution is 5.92. The van der Waals surface area contributed by atoms with Crippen molar-refractivity contribution in [2.24, 2.45) is 12.5 Å². The molecule has 0 atom stereocenters. The molecule has 1 saturated heterocycles. The van der Waals surface area contributed by atoms with E-state index < -0.39 is 11.4 Å². The molecule has 0 unspecified atom stereocenters.